The number of anilines is 1. The molecule has 6 heteroatoms. The van der Waals surface area contributed by atoms with Gasteiger partial charge in [0.15, 0.2) is 11.5 Å². The molecule has 0 aliphatic carbocycles. The third-order valence-corrected chi connectivity index (χ3v) is 6.18. The summed E-state index contributed by atoms with van der Waals surface area (Å²) in [6.45, 7) is 9.53. The fraction of sp³-hybridized carbons (Fsp3) is 0.280. The topological polar surface area (TPSA) is 63.4 Å². The van der Waals surface area contributed by atoms with E-state index in [1.807, 2.05) is 20.0 Å². The lowest BCUT2D eigenvalue weighted by atomic mass is 9.99. The molecule has 0 unspecified atom stereocenters. The van der Waals surface area contributed by atoms with Gasteiger partial charge in [0.2, 0.25) is 0 Å². The lowest BCUT2D eigenvalue weighted by Gasteiger charge is -2.31. The molecule has 0 atom stereocenters. The summed E-state index contributed by atoms with van der Waals surface area (Å²) >= 11 is 0. The summed E-state index contributed by atoms with van der Waals surface area (Å²) in [7, 11) is 0. The predicted molar refractivity (Wildman–Crippen MR) is 123 cm³/mol. The number of aryl methyl sites for hydroxylation is 3. The zero-order valence-corrected chi connectivity index (χ0v) is 18.3. The van der Waals surface area contributed by atoms with E-state index in [1.54, 1.807) is 0 Å². The van der Waals surface area contributed by atoms with Gasteiger partial charge in [-0.15, -0.1) is 5.10 Å². The van der Waals surface area contributed by atoms with Crippen molar-refractivity contribution < 1.29 is 0 Å². The van der Waals surface area contributed by atoms with Gasteiger partial charge >= 0.3 is 0 Å². The number of nitrogens with zero attached hydrogens (tertiary/aromatic N) is 5. The third-order valence-electron chi connectivity index (χ3n) is 6.18. The number of hydrogen-bond acceptors (Lipinski definition) is 5. The highest BCUT2D eigenvalue weighted by Crippen LogP contribution is 2.29. The molecule has 0 radical (unpaired) electrons. The minimum absolute atomic E-state index is 0.146. The summed E-state index contributed by atoms with van der Waals surface area (Å²) in [4.78, 5) is 24.1. The molecular weight excluding hydrogens is 386 g/mol. The molecule has 5 rings (SSSR count). The van der Waals surface area contributed by atoms with Crippen molar-refractivity contribution >= 4 is 11.5 Å². The molecule has 0 saturated carbocycles. The Kier molecular flexibility index (Phi) is 4.58. The van der Waals surface area contributed by atoms with Gasteiger partial charge in [0.05, 0.1) is 0 Å². The van der Waals surface area contributed by atoms with Crippen molar-refractivity contribution in [3.63, 3.8) is 0 Å². The highest BCUT2D eigenvalue weighted by molar-refractivity contribution is 5.65. The maximum absolute atomic E-state index is 12.6. The van der Waals surface area contributed by atoms with Crippen molar-refractivity contribution in [2.45, 2.75) is 40.7 Å². The molecule has 0 saturated heterocycles. The number of rotatable bonds is 2. The van der Waals surface area contributed by atoms with Crippen LogP contribution in [0.4, 0.5) is 5.82 Å². The van der Waals surface area contributed by atoms with Crippen molar-refractivity contribution in [3.8, 4) is 11.1 Å². The van der Waals surface area contributed by atoms with Gasteiger partial charge in [-0.2, -0.15) is 4.52 Å². The second-order valence-electron chi connectivity index (χ2n) is 8.41. The zero-order valence-electron chi connectivity index (χ0n) is 18.3. The summed E-state index contributed by atoms with van der Waals surface area (Å²) in [5, 5.41) is 4.71. The summed E-state index contributed by atoms with van der Waals surface area (Å²) in [6.07, 6.45) is 2.82. The van der Waals surface area contributed by atoms with Crippen LogP contribution in [0.5, 0.6) is 0 Å². The largest absolute Gasteiger partial charge is 0.350 e. The van der Waals surface area contributed by atoms with E-state index in [0.717, 1.165) is 47.7 Å². The number of aromatic nitrogens is 4. The molecule has 4 heterocycles. The second kappa shape index (κ2) is 7.30. The smallest absolute Gasteiger partial charge is 0.274 e. The van der Waals surface area contributed by atoms with Gasteiger partial charge in [-0.05, 0) is 44.9 Å². The Hall–Kier alpha value is -3.54. The summed E-state index contributed by atoms with van der Waals surface area (Å²) in [6, 6.07) is 12.3. The number of fused-ring (bicyclic) bond motifs is 2. The molecule has 1 aromatic carbocycles. The molecule has 156 valence electrons. The number of pyridine rings is 1. The first-order valence-corrected chi connectivity index (χ1v) is 10.6. The van der Waals surface area contributed by atoms with Crippen LogP contribution in [0.25, 0.3) is 16.8 Å². The Morgan fingerprint density at radius 2 is 1.71 bits per heavy atom. The van der Waals surface area contributed by atoms with E-state index < -0.39 is 0 Å². The molecular formula is C25H25N5O. The highest BCUT2D eigenvalue weighted by atomic mass is 16.1. The van der Waals surface area contributed by atoms with E-state index in [1.165, 1.54) is 27.3 Å². The predicted octanol–water partition coefficient (Wildman–Crippen LogP) is 3.95. The van der Waals surface area contributed by atoms with Gasteiger partial charge in [0.25, 0.3) is 5.56 Å². The van der Waals surface area contributed by atoms with Crippen LogP contribution in [0.3, 0.4) is 0 Å². The first kappa shape index (κ1) is 19.4. The van der Waals surface area contributed by atoms with Crippen LogP contribution in [-0.4, -0.2) is 26.1 Å². The molecule has 6 nitrogen and oxygen atoms in total. The van der Waals surface area contributed by atoms with E-state index in [9.17, 15) is 4.79 Å². The number of benzene rings is 1. The van der Waals surface area contributed by atoms with Crippen molar-refractivity contribution in [1.29, 1.82) is 0 Å². The molecule has 31 heavy (non-hydrogen) atoms. The van der Waals surface area contributed by atoms with Crippen LogP contribution in [0, 0.1) is 27.7 Å². The van der Waals surface area contributed by atoms with Crippen LogP contribution >= 0.6 is 0 Å². The lowest BCUT2D eigenvalue weighted by molar-refractivity contribution is 0.684. The highest BCUT2D eigenvalue weighted by Gasteiger charge is 2.23. The van der Waals surface area contributed by atoms with Crippen LogP contribution in [0.2, 0.25) is 0 Å². The zero-order chi connectivity index (χ0) is 21.7. The van der Waals surface area contributed by atoms with Gasteiger partial charge < -0.3 is 4.90 Å². The van der Waals surface area contributed by atoms with Crippen LogP contribution in [0.1, 0.15) is 33.6 Å². The summed E-state index contributed by atoms with van der Waals surface area (Å²) in [5.41, 5.74) is 9.12. The summed E-state index contributed by atoms with van der Waals surface area (Å²) in [5.74, 6) is 0.837. The number of hydrogen-bond donors (Lipinski definition) is 0. The monoisotopic (exact) mass is 411 g/mol. The van der Waals surface area contributed by atoms with E-state index in [4.69, 9.17) is 10.1 Å². The maximum Gasteiger partial charge on any atom is 0.274 e. The molecule has 1 aliphatic rings. The Balaban J connectivity index is 1.55. The molecule has 1 aliphatic heterocycles. The Bertz CT molecular complexity index is 1370. The molecule has 3 aromatic heterocycles. The quantitative estimate of drug-likeness (QED) is 0.500. The van der Waals surface area contributed by atoms with E-state index in [0.29, 0.717) is 11.3 Å². The first-order valence-electron chi connectivity index (χ1n) is 10.6. The fourth-order valence-electron chi connectivity index (χ4n) is 4.25. The second-order valence-corrected chi connectivity index (χ2v) is 8.41. The first-order chi connectivity index (χ1) is 14.9. The van der Waals surface area contributed by atoms with E-state index in [2.05, 4.69) is 54.1 Å². The van der Waals surface area contributed by atoms with Gasteiger partial charge in [-0.25, -0.2) is 4.98 Å². The molecule has 0 bridgehead atoms. The Morgan fingerprint density at radius 1 is 0.935 bits per heavy atom. The van der Waals surface area contributed by atoms with Gasteiger partial charge in [-0.1, -0.05) is 29.8 Å². The molecule has 0 fully saturated rings. The molecule has 4 aromatic rings. The van der Waals surface area contributed by atoms with Gasteiger partial charge in [0.1, 0.15) is 0 Å². The summed E-state index contributed by atoms with van der Waals surface area (Å²) < 4.78 is 1.43. The Morgan fingerprint density at radius 3 is 2.48 bits per heavy atom. The van der Waals surface area contributed by atoms with Gasteiger partial charge in [0, 0.05) is 59.9 Å². The van der Waals surface area contributed by atoms with Crippen molar-refractivity contribution in [3.05, 3.63) is 86.6 Å². The molecule has 0 spiro atoms. The average molecular weight is 412 g/mol. The standard InChI is InChI=1S/C25H25N5O/c1-15-5-7-19(8-6-15)20-12-21-14-29(10-9-22(21)26-13-20)25-18(4)17(3)24-27-16(2)11-23(31)30(24)28-25/h5-8,11-13H,9-10,14H2,1-4H3. The average Bonchev–Trinajstić information content (AvgIpc) is 2.76. The lowest BCUT2D eigenvalue weighted by Crippen LogP contribution is -2.34. The fourth-order valence-corrected chi connectivity index (χ4v) is 4.25. The van der Waals surface area contributed by atoms with Crippen LogP contribution < -0.4 is 10.5 Å². The Labute approximate surface area is 181 Å². The normalized spacial score (nSPS) is 13.5. The van der Waals surface area contributed by atoms with Crippen molar-refractivity contribution in [2.75, 3.05) is 11.4 Å². The minimum atomic E-state index is -0.146. The van der Waals surface area contributed by atoms with Crippen LogP contribution in [-0.2, 0) is 13.0 Å². The molecule has 0 amide bonds. The van der Waals surface area contributed by atoms with Crippen LogP contribution in [0.15, 0.2) is 47.4 Å². The molecule has 0 N–H and O–H groups in total. The third kappa shape index (κ3) is 3.38. The van der Waals surface area contributed by atoms with E-state index in [-0.39, 0.29) is 5.56 Å². The SMILES string of the molecule is Cc1ccc(-c2cnc3c(c2)CN(c2nn4c(=O)cc(C)nc4c(C)c2C)CC3)cc1. The van der Waals surface area contributed by atoms with Crippen molar-refractivity contribution in [2.24, 2.45) is 0 Å². The maximum atomic E-state index is 12.6. The van der Waals surface area contributed by atoms with Gasteiger partial charge in [-0.3, -0.25) is 9.78 Å². The minimum Gasteiger partial charge on any atom is -0.350 e. The van der Waals surface area contributed by atoms with E-state index >= 15 is 0 Å². The van der Waals surface area contributed by atoms with Crippen molar-refractivity contribution in [1.82, 2.24) is 19.6 Å².